The first-order valence-corrected chi connectivity index (χ1v) is 6.48. The summed E-state index contributed by atoms with van der Waals surface area (Å²) in [6.45, 7) is 7.95. The van der Waals surface area contributed by atoms with E-state index in [0.29, 0.717) is 18.8 Å². The highest BCUT2D eigenvalue weighted by Crippen LogP contribution is 2.10. The Kier molecular flexibility index (Phi) is 7.59. The number of hydrogen-bond acceptors (Lipinski definition) is 3. The summed E-state index contributed by atoms with van der Waals surface area (Å²) in [6.07, 6.45) is 1.14. The van der Waals surface area contributed by atoms with E-state index in [4.69, 9.17) is 5.11 Å². The van der Waals surface area contributed by atoms with Crippen LogP contribution in [0.5, 0.6) is 0 Å². The molecule has 0 aliphatic carbocycles. The largest absolute Gasteiger partial charge is 0.480 e. The first-order chi connectivity index (χ1) is 8.27. The standard InChI is InChI=1S/C13H26N2O3/c1-8(2)6-10(12(16)14-5)15-11(13(17)18)7-9(3)4/h8-11,15H,6-7H2,1-5H3,(H,14,16)(H,17,18). The molecule has 0 saturated carbocycles. The molecule has 0 aromatic carbocycles. The number of carbonyl (C=O) groups excluding carboxylic acids is 1. The van der Waals surface area contributed by atoms with E-state index in [1.165, 1.54) is 0 Å². The zero-order valence-corrected chi connectivity index (χ0v) is 12.0. The van der Waals surface area contributed by atoms with E-state index in [9.17, 15) is 9.59 Å². The molecule has 106 valence electrons. The smallest absolute Gasteiger partial charge is 0.320 e. The summed E-state index contributed by atoms with van der Waals surface area (Å²) < 4.78 is 0. The van der Waals surface area contributed by atoms with Crippen molar-refractivity contribution in [3.63, 3.8) is 0 Å². The lowest BCUT2D eigenvalue weighted by atomic mass is 9.99. The zero-order chi connectivity index (χ0) is 14.3. The van der Waals surface area contributed by atoms with Gasteiger partial charge in [-0.25, -0.2) is 0 Å². The summed E-state index contributed by atoms with van der Waals surface area (Å²) in [6, 6.07) is -1.12. The molecule has 18 heavy (non-hydrogen) atoms. The van der Waals surface area contributed by atoms with Crippen molar-refractivity contribution in [1.29, 1.82) is 0 Å². The van der Waals surface area contributed by atoms with Crippen molar-refractivity contribution in [2.24, 2.45) is 11.8 Å². The maximum atomic E-state index is 11.7. The van der Waals surface area contributed by atoms with Gasteiger partial charge < -0.3 is 10.4 Å². The molecule has 5 nitrogen and oxygen atoms in total. The maximum absolute atomic E-state index is 11.7. The fourth-order valence-corrected chi connectivity index (χ4v) is 1.85. The lowest BCUT2D eigenvalue weighted by molar-refractivity contribution is -0.140. The third-order valence-corrected chi connectivity index (χ3v) is 2.68. The first-order valence-electron chi connectivity index (χ1n) is 6.48. The third kappa shape index (κ3) is 6.59. The van der Waals surface area contributed by atoms with Gasteiger partial charge in [-0.15, -0.1) is 0 Å². The van der Waals surface area contributed by atoms with Crippen molar-refractivity contribution in [2.45, 2.75) is 52.6 Å². The fraction of sp³-hybridized carbons (Fsp3) is 0.846. The van der Waals surface area contributed by atoms with Crippen molar-refractivity contribution in [3.05, 3.63) is 0 Å². The topological polar surface area (TPSA) is 78.4 Å². The average Bonchev–Trinajstić information content (AvgIpc) is 2.24. The molecular formula is C13H26N2O3. The van der Waals surface area contributed by atoms with Crippen LogP contribution in [0, 0.1) is 11.8 Å². The first kappa shape index (κ1) is 16.9. The maximum Gasteiger partial charge on any atom is 0.320 e. The summed E-state index contributed by atoms with van der Waals surface area (Å²) in [5.74, 6) is -0.462. The summed E-state index contributed by atoms with van der Waals surface area (Å²) in [7, 11) is 1.57. The van der Waals surface area contributed by atoms with Gasteiger partial charge in [0, 0.05) is 7.05 Å². The van der Waals surface area contributed by atoms with Crippen LogP contribution in [0.4, 0.5) is 0 Å². The van der Waals surface area contributed by atoms with Gasteiger partial charge in [0.1, 0.15) is 6.04 Å². The monoisotopic (exact) mass is 258 g/mol. The van der Waals surface area contributed by atoms with Crippen LogP contribution in [0.2, 0.25) is 0 Å². The highest BCUT2D eigenvalue weighted by atomic mass is 16.4. The quantitative estimate of drug-likeness (QED) is 0.612. The Bertz CT molecular complexity index is 277. The van der Waals surface area contributed by atoms with E-state index < -0.39 is 18.1 Å². The molecule has 5 heteroatoms. The van der Waals surface area contributed by atoms with E-state index >= 15 is 0 Å². The predicted octanol–water partition coefficient (Wildman–Crippen LogP) is 1.24. The number of carbonyl (C=O) groups is 2. The number of nitrogens with one attached hydrogen (secondary N) is 2. The van der Waals surface area contributed by atoms with Gasteiger partial charge in [-0.05, 0) is 24.7 Å². The van der Waals surface area contributed by atoms with Crippen molar-refractivity contribution in [1.82, 2.24) is 10.6 Å². The second-order valence-electron chi connectivity index (χ2n) is 5.48. The molecule has 3 N–H and O–H groups in total. The van der Waals surface area contributed by atoms with Gasteiger partial charge >= 0.3 is 5.97 Å². The van der Waals surface area contributed by atoms with E-state index in [1.807, 2.05) is 27.7 Å². The molecule has 0 aliphatic heterocycles. The Morgan fingerprint density at radius 2 is 1.44 bits per heavy atom. The molecule has 0 radical (unpaired) electrons. The van der Waals surface area contributed by atoms with E-state index in [2.05, 4.69) is 10.6 Å². The number of hydrogen-bond donors (Lipinski definition) is 3. The molecule has 0 aromatic heterocycles. The molecule has 2 unspecified atom stereocenters. The van der Waals surface area contributed by atoms with Crippen LogP contribution in [0.25, 0.3) is 0 Å². The van der Waals surface area contributed by atoms with Crippen LogP contribution in [0.1, 0.15) is 40.5 Å². The van der Waals surface area contributed by atoms with Crippen LogP contribution in [-0.2, 0) is 9.59 Å². The molecule has 0 aliphatic rings. The molecule has 0 aromatic rings. The van der Waals surface area contributed by atoms with Crippen molar-refractivity contribution >= 4 is 11.9 Å². The Morgan fingerprint density at radius 3 is 1.78 bits per heavy atom. The van der Waals surface area contributed by atoms with Crippen LogP contribution in [0.15, 0.2) is 0 Å². The van der Waals surface area contributed by atoms with Crippen LogP contribution < -0.4 is 10.6 Å². The molecule has 1 amide bonds. The highest BCUT2D eigenvalue weighted by molar-refractivity contribution is 5.82. The molecule has 2 atom stereocenters. The molecule has 0 rings (SSSR count). The minimum atomic E-state index is -0.902. The second kappa shape index (κ2) is 8.08. The van der Waals surface area contributed by atoms with Gasteiger partial charge in [-0.1, -0.05) is 27.7 Å². The Hall–Kier alpha value is -1.10. The molecule has 0 spiro atoms. The van der Waals surface area contributed by atoms with Crippen LogP contribution in [0.3, 0.4) is 0 Å². The molecular weight excluding hydrogens is 232 g/mol. The van der Waals surface area contributed by atoms with Crippen molar-refractivity contribution < 1.29 is 14.7 Å². The predicted molar refractivity (Wildman–Crippen MR) is 71.3 cm³/mol. The summed E-state index contributed by atoms with van der Waals surface area (Å²) in [5, 5.41) is 14.7. The SMILES string of the molecule is CNC(=O)C(CC(C)C)NC(CC(C)C)C(=O)O. The van der Waals surface area contributed by atoms with E-state index in [1.54, 1.807) is 7.05 Å². The van der Waals surface area contributed by atoms with Crippen molar-refractivity contribution in [3.8, 4) is 0 Å². The number of aliphatic carboxylic acids is 1. The number of carboxylic acids is 1. The normalized spacial score (nSPS) is 14.6. The van der Waals surface area contributed by atoms with Gasteiger partial charge in [-0.3, -0.25) is 14.9 Å². The average molecular weight is 258 g/mol. The Morgan fingerprint density at radius 1 is 1.00 bits per heavy atom. The molecule has 0 bridgehead atoms. The van der Waals surface area contributed by atoms with E-state index in [0.717, 1.165) is 0 Å². The van der Waals surface area contributed by atoms with Crippen LogP contribution >= 0.6 is 0 Å². The molecule has 0 saturated heterocycles. The summed E-state index contributed by atoms with van der Waals surface area (Å²) >= 11 is 0. The molecule has 0 fully saturated rings. The Balaban J connectivity index is 4.68. The van der Waals surface area contributed by atoms with Gasteiger partial charge in [0.2, 0.25) is 5.91 Å². The highest BCUT2D eigenvalue weighted by Gasteiger charge is 2.26. The summed E-state index contributed by atoms with van der Waals surface area (Å²) in [4.78, 5) is 22.9. The van der Waals surface area contributed by atoms with Crippen molar-refractivity contribution in [2.75, 3.05) is 7.05 Å². The van der Waals surface area contributed by atoms with Gasteiger partial charge in [0.05, 0.1) is 6.04 Å². The lowest BCUT2D eigenvalue weighted by Crippen LogP contribution is -2.51. The van der Waals surface area contributed by atoms with Crippen LogP contribution in [-0.4, -0.2) is 36.1 Å². The molecule has 0 heterocycles. The zero-order valence-electron chi connectivity index (χ0n) is 12.0. The number of rotatable bonds is 8. The summed E-state index contributed by atoms with van der Waals surface area (Å²) in [5.41, 5.74) is 0. The van der Waals surface area contributed by atoms with Gasteiger partial charge in [0.25, 0.3) is 0 Å². The lowest BCUT2D eigenvalue weighted by Gasteiger charge is -2.24. The Labute approximate surface area is 109 Å². The minimum absolute atomic E-state index is 0.154. The minimum Gasteiger partial charge on any atom is -0.480 e. The number of likely N-dealkylation sites (N-methyl/N-ethyl adjacent to an activating group) is 1. The second-order valence-corrected chi connectivity index (χ2v) is 5.48. The van der Waals surface area contributed by atoms with Gasteiger partial charge in [-0.2, -0.15) is 0 Å². The third-order valence-electron chi connectivity index (χ3n) is 2.68. The number of amides is 1. The number of carboxylic acid groups (broad SMARTS) is 1. The van der Waals surface area contributed by atoms with Gasteiger partial charge in [0.15, 0.2) is 0 Å². The van der Waals surface area contributed by atoms with E-state index in [-0.39, 0.29) is 11.8 Å². The fourth-order valence-electron chi connectivity index (χ4n) is 1.85.